The zero-order valence-corrected chi connectivity index (χ0v) is 15.2. The Morgan fingerprint density at radius 1 is 1.28 bits per heavy atom. The summed E-state index contributed by atoms with van der Waals surface area (Å²) in [6.45, 7) is -0.177. The zero-order valence-electron chi connectivity index (χ0n) is 15.2. The second kappa shape index (κ2) is 6.26. The molecule has 4 saturated carbocycles. The SMILES string of the molecule is O=C(COC1CC(OC(F)(F)F)C1)NC12CC(c3nnc(-c4cn[nH]c4)o3)(C1)C2. The van der Waals surface area contributed by atoms with Crippen LogP contribution < -0.4 is 5.32 Å². The van der Waals surface area contributed by atoms with Crippen LogP contribution in [0, 0.1) is 0 Å². The number of aromatic nitrogens is 4. The van der Waals surface area contributed by atoms with E-state index in [-0.39, 0.29) is 42.4 Å². The molecule has 2 heterocycles. The number of carbonyl (C=O) groups is 1. The minimum absolute atomic E-state index is 0.136. The summed E-state index contributed by atoms with van der Waals surface area (Å²) in [5.41, 5.74) is 0.236. The predicted molar refractivity (Wildman–Crippen MR) is 88.2 cm³/mol. The summed E-state index contributed by atoms with van der Waals surface area (Å²) in [4.78, 5) is 12.1. The number of nitrogens with zero attached hydrogens (tertiary/aromatic N) is 3. The number of carbonyl (C=O) groups excluding carboxylic acids is 1. The minimum atomic E-state index is -4.63. The van der Waals surface area contributed by atoms with E-state index in [4.69, 9.17) is 9.15 Å². The second-order valence-electron chi connectivity index (χ2n) is 8.13. The van der Waals surface area contributed by atoms with Gasteiger partial charge in [-0.25, -0.2) is 0 Å². The topological polar surface area (TPSA) is 115 Å². The maximum absolute atomic E-state index is 12.1. The number of H-pyrrole nitrogens is 1. The van der Waals surface area contributed by atoms with Gasteiger partial charge in [0.1, 0.15) is 6.61 Å². The van der Waals surface area contributed by atoms with Crippen molar-refractivity contribution in [1.82, 2.24) is 25.7 Å². The Morgan fingerprint density at radius 2 is 2.03 bits per heavy atom. The van der Waals surface area contributed by atoms with Crippen LogP contribution in [0.4, 0.5) is 13.2 Å². The monoisotopic (exact) mass is 413 g/mol. The predicted octanol–water partition coefficient (Wildman–Crippen LogP) is 1.83. The molecular formula is C17H18F3N5O4. The molecule has 0 spiro atoms. The third-order valence-electron chi connectivity index (χ3n) is 5.86. The van der Waals surface area contributed by atoms with Gasteiger partial charge in [0.25, 0.3) is 5.89 Å². The summed E-state index contributed by atoms with van der Waals surface area (Å²) >= 11 is 0. The smallest absolute Gasteiger partial charge is 0.420 e. The number of rotatable bonds is 7. The molecule has 2 N–H and O–H groups in total. The fourth-order valence-electron chi connectivity index (χ4n) is 4.53. The van der Waals surface area contributed by atoms with E-state index in [1.54, 1.807) is 12.4 Å². The number of nitrogens with one attached hydrogen (secondary N) is 2. The third kappa shape index (κ3) is 3.39. The molecule has 2 aromatic rings. The molecule has 12 heteroatoms. The number of aromatic amines is 1. The van der Waals surface area contributed by atoms with Crippen LogP contribution in [0.15, 0.2) is 16.8 Å². The van der Waals surface area contributed by atoms with Crippen LogP contribution in [0.25, 0.3) is 11.5 Å². The Hall–Kier alpha value is -2.47. The summed E-state index contributed by atoms with van der Waals surface area (Å²) in [7, 11) is 0. The summed E-state index contributed by atoms with van der Waals surface area (Å²) in [5.74, 6) is 0.688. The first-order valence-corrected chi connectivity index (χ1v) is 9.25. The van der Waals surface area contributed by atoms with Gasteiger partial charge in [0, 0.05) is 24.6 Å². The average Bonchev–Trinajstić information content (AvgIpc) is 3.20. The second-order valence-corrected chi connectivity index (χ2v) is 8.13. The quantitative estimate of drug-likeness (QED) is 0.712. The van der Waals surface area contributed by atoms with E-state index in [9.17, 15) is 18.0 Å². The van der Waals surface area contributed by atoms with Crippen molar-refractivity contribution >= 4 is 5.91 Å². The van der Waals surface area contributed by atoms with Crippen LogP contribution in [-0.4, -0.2) is 57.0 Å². The van der Waals surface area contributed by atoms with Gasteiger partial charge in [-0.2, -0.15) is 5.10 Å². The van der Waals surface area contributed by atoms with Gasteiger partial charge in [-0.1, -0.05) is 0 Å². The highest BCUT2D eigenvalue weighted by Gasteiger charge is 2.71. The fraction of sp³-hybridized carbons (Fsp3) is 0.647. The molecule has 0 aliphatic heterocycles. The van der Waals surface area contributed by atoms with Gasteiger partial charge in [0.15, 0.2) is 0 Å². The van der Waals surface area contributed by atoms with Crippen molar-refractivity contribution in [3.05, 3.63) is 18.3 Å². The van der Waals surface area contributed by atoms with Gasteiger partial charge < -0.3 is 14.5 Å². The summed E-state index contributed by atoms with van der Waals surface area (Å²) < 4.78 is 51.3. The molecule has 4 aliphatic rings. The van der Waals surface area contributed by atoms with Crippen LogP contribution in [-0.2, 0) is 19.7 Å². The van der Waals surface area contributed by atoms with Crippen LogP contribution in [0.2, 0.25) is 0 Å². The van der Waals surface area contributed by atoms with E-state index in [1.807, 2.05) is 0 Å². The van der Waals surface area contributed by atoms with Crippen molar-refractivity contribution in [2.24, 2.45) is 0 Å². The number of hydrogen-bond acceptors (Lipinski definition) is 7. The largest absolute Gasteiger partial charge is 0.522 e. The molecule has 4 fully saturated rings. The first-order valence-electron chi connectivity index (χ1n) is 9.25. The summed E-state index contributed by atoms with van der Waals surface area (Å²) in [6, 6.07) is 0. The number of ether oxygens (including phenoxy) is 2. The van der Waals surface area contributed by atoms with Gasteiger partial charge in [-0.3, -0.25) is 14.6 Å². The van der Waals surface area contributed by atoms with Gasteiger partial charge in [-0.15, -0.1) is 23.4 Å². The lowest BCUT2D eigenvalue weighted by Crippen LogP contribution is -2.77. The first-order chi connectivity index (χ1) is 13.7. The normalized spacial score (nSPS) is 32.8. The molecule has 4 aliphatic carbocycles. The van der Waals surface area contributed by atoms with Crippen molar-refractivity contribution in [3.8, 4) is 11.5 Å². The number of hydrogen-bond donors (Lipinski definition) is 2. The number of alkyl halides is 3. The molecule has 9 nitrogen and oxygen atoms in total. The Kier molecular flexibility index (Phi) is 4.01. The maximum Gasteiger partial charge on any atom is 0.522 e. The van der Waals surface area contributed by atoms with E-state index in [2.05, 4.69) is 30.4 Å². The Bertz CT molecular complexity index is 887. The lowest BCUT2D eigenvalue weighted by Gasteiger charge is -2.68. The molecule has 0 radical (unpaired) electrons. The molecule has 0 saturated heterocycles. The van der Waals surface area contributed by atoms with Crippen molar-refractivity contribution < 1.29 is 31.9 Å². The molecule has 2 aromatic heterocycles. The van der Waals surface area contributed by atoms with Crippen LogP contribution in [0.3, 0.4) is 0 Å². The number of halogens is 3. The fourth-order valence-corrected chi connectivity index (χ4v) is 4.53. The summed E-state index contributed by atoms with van der Waals surface area (Å²) in [6.07, 6.45) is -0.230. The summed E-state index contributed by atoms with van der Waals surface area (Å²) in [5, 5.41) is 17.7. The van der Waals surface area contributed by atoms with Gasteiger partial charge in [0.05, 0.1) is 29.4 Å². The molecule has 0 unspecified atom stereocenters. The van der Waals surface area contributed by atoms with E-state index < -0.39 is 12.5 Å². The Labute approximate surface area is 162 Å². The highest BCUT2D eigenvalue weighted by molar-refractivity contribution is 5.79. The average molecular weight is 413 g/mol. The highest BCUT2D eigenvalue weighted by Crippen LogP contribution is 2.67. The molecule has 156 valence electrons. The maximum atomic E-state index is 12.1. The van der Waals surface area contributed by atoms with Crippen molar-refractivity contribution in [3.63, 3.8) is 0 Å². The van der Waals surface area contributed by atoms with Crippen LogP contribution in [0.5, 0.6) is 0 Å². The standard InChI is InChI=1S/C17H18F3N5O4/c18-17(19,20)29-11-1-10(2-11)27-5-12(26)23-16-6-15(7-16,8-16)14-25-24-13(28-14)9-3-21-22-4-9/h3-4,10-11H,1-2,5-8H2,(H,21,22)(H,23,26). The van der Waals surface area contributed by atoms with Gasteiger partial charge in [0.2, 0.25) is 11.8 Å². The molecule has 0 atom stereocenters. The third-order valence-corrected chi connectivity index (χ3v) is 5.86. The van der Waals surface area contributed by atoms with Gasteiger partial charge >= 0.3 is 6.36 Å². The first kappa shape index (κ1) is 18.6. The van der Waals surface area contributed by atoms with Crippen molar-refractivity contribution in [1.29, 1.82) is 0 Å². The van der Waals surface area contributed by atoms with E-state index in [0.29, 0.717) is 31.0 Å². The molecule has 2 bridgehead atoms. The Balaban J connectivity index is 1.05. The van der Waals surface area contributed by atoms with E-state index >= 15 is 0 Å². The van der Waals surface area contributed by atoms with E-state index in [1.165, 1.54) is 0 Å². The van der Waals surface area contributed by atoms with Crippen molar-refractivity contribution in [2.45, 2.75) is 61.6 Å². The highest BCUT2D eigenvalue weighted by atomic mass is 19.4. The minimum Gasteiger partial charge on any atom is -0.420 e. The zero-order chi connectivity index (χ0) is 20.3. The lowest BCUT2D eigenvalue weighted by molar-refractivity contribution is -0.357. The lowest BCUT2D eigenvalue weighted by atomic mass is 9.39. The molecule has 1 amide bonds. The van der Waals surface area contributed by atoms with Crippen LogP contribution in [0.1, 0.15) is 38.0 Å². The van der Waals surface area contributed by atoms with Crippen LogP contribution >= 0.6 is 0 Å². The molecule has 29 heavy (non-hydrogen) atoms. The van der Waals surface area contributed by atoms with Crippen molar-refractivity contribution in [2.75, 3.05) is 6.61 Å². The van der Waals surface area contributed by atoms with E-state index in [0.717, 1.165) is 5.56 Å². The molecule has 0 aromatic carbocycles. The number of amides is 1. The molecular weight excluding hydrogens is 395 g/mol. The Morgan fingerprint density at radius 3 is 2.69 bits per heavy atom. The molecule has 6 rings (SSSR count). The van der Waals surface area contributed by atoms with Gasteiger partial charge in [-0.05, 0) is 19.3 Å².